The lowest BCUT2D eigenvalue weighted by Crippen LogP contribution is -2.43. The summed E-state index contributed by atoms with van der Waals surface area (Å²) >= 11 is 0. The second kappa shape index (κ2) is 6.35. The number of hydrogen-bond donors (Lipinski definition) is 3. The molecule has 0 unspecified atom stereocenters. The summed E-state index contributed by atoms with van der Waals surface area (Å²) in [5, 5.41) is 3.19. The summed E-state index contributed by atoms with van der Waals surface area (Å²) in [6.45, 7) is 2.82. The normalized spacial score (nSPS) is 26.4. The molecule has 1 aliphatic carbocycles. The van der Waals surface area contributed by atoms with Gasteiger partial charge in [-0.15, -0.1) is 0 Å². The minimum Gasteiger partial charge on any atom is -0.370 e. The van der Waals surface area contributed by atoms with Gasteiger partial charge in [-0.05, 0) is 32.1 Å². The van der Waals surface area contributed by atoms with Crippen LogP contribution >= 0.6 is 0 Å². The first kappa shape index (κ1) is 12.8. The van der Waals surface area contributed by atoms with Crippen LogP contribution in [0.3, 0.4) is 0 Å². The van der Waals surface area contributed by atoms with Crippen molar-refractivity contribution < 1.29 is 4.79 Å². The van der Waals surface area contributed by atoms with Crippen LogP contribution < -0.4 is 16.8 Å². The number of hydrogen-bond acceptors (Lipinski definition) is 2. The number of nitrogens with zero attached hydrogens (tertiary/aromatic N) is 1. The summed E-state index contributed by atoms with van der Waals surface area (Å²) in [6, 6.07) is 0.344. The van der Waals surface area contributed by atoms with Crippen LogP contribution in [0.25, 0.3) is 0 Å². The third-order valence-electron chi connectivity index (χ3n) is 2.99. The van der Waals surface area contributed by atoms with Gasteiger partial charge in [0.1, 0.15) is 0 Å². The zero-order chi connectivity index (χ0) is 12.0. The molecule has 92 valence electrons. The van der Waals surface area contributed by atoms with E-state index in [1.165, 1.54) is 0 Å². The van der Waals surface area contributed by atoms with E-state index >= 15 is 0 Å². The van der Waals surface area contributed by atoms with Crippen molar-refractivity contribution >= 4 is 11.9 Å². The highest BCUT2D eigenvalue weighted by atomic mass is 16.1. The molecular formula is C11H22N4O. The number of rotatable bonds is 4. The van der Waals surface area contributed by atoms with Crippen molar-refractivity contribution in [2.24, 2.45) is 22.4 Å². The van der Waals surface area contributed by atoms with Crippen molar-refractivity contribution in [2.75, 3.05) is 6.54 Å². The quantitative estimate of drug-likeness (QED) is 0.477. The number of primary amides is 1. The zero-order valence-electron chi connectivity index (χ0n) is 9.91. The molecule has 0 saturated heterocycles. The summed E-state index contributed by atoms with van der Waals surface area (Å²) in [4.78, 5) is 15.2. The van der Waals surface area contributed by atoms with E-state index < -0.39 is 0 Å². The van der Waals surface area contributed by atoms with Crippen molar-refractivity contribution in [3.63, 3.8) is 0 Å². The molecule has 16 heavy (non-hydrogen) atoms. The first-order valence-electron chi connectivity index (χ1n) is 5.99. The zero-order valence-corrected chi connectivity index (χ0v) is 9.91. The Morgan fingerprint density at radius 2 is 1.94 bits per heavy atom. The first-order valence-corrected chi connectivity index (χ1v) is 5.99. The van der Waals surface area contributed by atoms with Gasteiger partial charge in [-0.3, -0.25) is 9.79 Å². The fourth-order valence-electron chi connectivity index (χ4n) is 2.01. The Kier molecular flexibility index (Phi) is 5.08. The maximum absolute atomic E-state index is 11.0. The van der Waals surface area contributed by atoms with E-state index in [2.05, 4.69) is 17.2 Å². The molecule has 1 aliphatic rings. The molecule has 0 bridgehead atoms. The lowest BCUT2D eigenvalue weighted by molar-refractivity contribution is -0.122. The maximum atomic E-state index is 11.0. The molecule has 0 atom stereocenters. The lowest BCUT2D eigenvalue weighted by atomic mass is 9.86. The highest BCUT2D eigenvalue weighted by Crippen LogP contribution is 2.23. The van der Waals surface area contributed by atoms with Gasteiger partial charge in [0, 0.05) is 18.5 Å². The number of nitrogens with one attached hydrogen (secondary N) is 1. The van der Waals surface area contributed by atoms with Crippen LogP contribution in [-0.4, -0.2) is 24.5 Å². The number of carbonyl (C=O) groups excluding carboxylic acids is 1. The predicted octanol–water partition coefficient (Wildman–Crippen LogP) is 0.345. The average molecular weight is 226 g/mol. The van der Waals surface area contributed by atoms with E-state index in [9.17, 15) is 4.79 Å². The SMILES string of the molecule is CCCN=C(N)NC1CCC(C(N)=O)CC1. The molecular weight excluding hydrogens is 204 g/mol. The van der Waals surface area contributed by atoms with Gasteiger partial charge >= 0.3 is 0 Å². The largest absolute Gasteiger partial charge is 0.370 e. The molecule has 5 nitrogen and oxygen atoms in total. The van der Waals surface area contributed by atoms with Crippen LogP contribution in [0.5, 0.6) is 0 Å². The molecule has 0 aliphatic heterocycles. The van der Waals surface area contributed by atoms with Gasteiger partial charge in [0.25, 0.3) is 0 Å². The van der Waals surface area contributed by atoms with E-state index in [-0.39, 0.29) is 11.8 Å². The minimum atomic E-state index is -0.175. The predicted molar refractivity (Wildman–Crippen MR) is 64.9 cm³/mol. The molecule has 1 amide bonds. The molecule has 0 radical (unpaired) electrons. The molecule has 1 saturated carbocycles. The molecule has 0 aromatic carbocycles. The van der Waals surface area contributed by atoms with Crippen LogP contribution in [0, 0.1) is 5.92 Å². The van der Waals surface area contributed by atoms with Crippen LogP contribution in [-0.2, 0) is 4.79 Å². The minimum absolute atomic E-state index is 0.0480. The van der Waals surface area contributed by atoms with Crippen LogP contribution in [0.1, 0.15) is 39.0 Å². The van der Waals surface area contributed by atoms with E-state index in [4.69, 9.17) is 11.5 Å². The maximum Gasteiger partial charge on any atom is 0.220 e. The van der Waals surface area contributed by atoms with Crippen LogP contribution in [0.2, 0.25) is 0 Å². The van der Waals surface area contributed by atoms with Crippen molar-refractivity contribution in [3.05, 3.63) is 0 Å². The molecule has 0 aromatic rings. The fraction of sp³-hybridized carbons (Fsp3) is 0.818. The summed E-state index contributed by atoms with van der Waals surface area (Å²) in [6.07, 6.45) is 4.59. The van der Waals surface area contributed by atoms with Crippen molar-refractivity contribution in [3.8, 4) is 0 Å². The molecule has 5 N–H and O–H groups in total. The smallest absolute Gasteiger partial charge is 0.220 e. The Morgan fingerprint density at radius 1 is 1.31 bits per heavy atom. The van der Waals surface area contributed by atoms with Gasteiger partial charge in [-0.2, -0.15) is 0 Å². The van der Waals surface area contributed by atoms with Gasteiger partial charge in [-0.25, -0.2) is 0 Å². The lowest BCUT2D eigenvalue weighted by Gasteiger charge is -2.27. The summed E-state index contributed by atoms with van der Waals surface area (Å²) in [5.41, 5.74) is 11.0. The van der Waals surface area contributed by atoms with Crippen molar-refractivity contribution in [2.45, 2.75) is 45.1 Å². The summed E-state index contributed by atoms with van der Waals surface area (Å²) in [7, 11) is 0. The van der Waals surface area contributed by atoms with Gasteiger partial charge < -0.3 is 16.8 Å². The molecule has 0 heterocycles. The van der Waals surface area contributed by atoms with E-state index in [1.807, 2.05) is 0 Å². The number of nitrogens with two attached hydrogens (primary N) is 2. The number of guanidine groups is 1. The van der Waals surface area contributed by atoms with Crippen molar-refractivity contribution in [1.29, 1.82) is 0 Å². The standard InChI is InChI=1S/C11H22N4O/c1-2-7-14-11(13)15-9-5-3-8(4-6-9)10(12)16/h8-9H,2-7H2,1H3,(H2,12,16)(H3,13,14,15). The van der Waals surface area contributed by atoms with Gasteiger partial charge in [0.15, 0.2) is 5.96 Å². The Hall–Kier alpha value is -1.26. The third-order valence-corrected chi connectivity index (χ3v) is 2.99. The van der Waals surface area contributed by atoms with Gasteiger partial charge in [-0.1, -0.05) is 6.92 Å². The van der Waals surface area contributed by atoms with Crippen LogP contribution in [0.15, 0.2) is 4.99 Å². The molecule has 5 heteroatoms. The second-order valence-corrected chi connectivity index (χ2v) is 4.36. The van der Waals surface area contributed by atoms with Gasteiger partial charge in [0.2, 0.25) is 5.91 Å². The highest BCUT2D eigenvalue weighted by molar-refractivity contribution is 5.78. The Labute approximate surface area is 96.7 Å². The second-order valence-electron chi connectivity index (χ2n) is 4.36. The molecule has 0 aromatic heterocycles. The average Bonchev–Trinajstić information content (AvgIpc) is 2.27. The summed E-state index contributed by atoms with van der Waals surface area (Å²) in [5.74, 6) is 0.391. The molecule has 1 fully saturated rings. The monoisotopic (exact) mass is 226 g/mol. The van der Waals surface area contributed by atoms with E-state index in [1.54, 1.807) is 0 Å². The third kappa shape index (κ3) is 4.08. The first-order chi connectivity index (χ1) is 7.63. The van der Waals surface area contributed by atoms with Crippen molar-refractivity contribution in [1.82, 2.24) is 5.32 Å². The topological polar surface area (TPSA) is 93.5 Å². The Bertz CT molecular complexity index is 257. The Morgan fingerprint density at radius 3 is 2.44 bits per heavy atom. The van der Waals surface area contributed by atoms with E-state index in [0.717, 1.165) is 38.6 Å². The number of carbonyl (C=O) groups is 1. The number of aliphatic imine (C=N–C) groups is 1. The Balaban J connectivity index is 2.29. The molecule has 0 spiro atoms. The molecule has 1 rings (SSSR count). The summed E-state index contributed by atoms with van der Waals surface area (Å²) < 4.78 is 0. The van der Waals surface area contributed by atoms with Gasteiger partial charge in [0.05, 0.1) is 0 Å². The van der Waals surface area contributed by atoms with E-state index in [0.29, 0.717) is 12.0 Å². The fourth-order valence-corrected chi connectivity index (χ4v) is 2.01. The number of amides is 1. The van der Waals surface area contributed by atoms with Crippen LogP contribution in [0.4, 0.5) is 0 Å². The highest BCUT2D eigenvalue weighted by Gasteiger charge is 2.24.